The molecule has 1 saturated heterocycles. The van der Waals surface area contributed by atoms with Gasteiger partial charge < -0.3 is 9.80 Å². The van der Waals surface area contributed by atoms with Gasteiger partial charge in [-0.05, 0) is 25.0 Å². The summed E-state index contributed by atoms with van der Waals surface area (Å²) in [6.45, 7) is 6.55. The van der Waals surface area contributed by atoms with Gasteiger partial charge in [-0.15, -0.1) is 0 Å². The zero-order chi connectivity index (χ0) is 14.3. The first-order valence-corrected chi connectivity index (χ1v) is 7.85. The molecule has 20 heavy (non-hydrogen) atoms. The molecule has 1 aromatic rings. The molecule has 1 unspecified atom stereocenters. The van der Waals surface area contributed by atoms with Crippen LogP contribution in [0.25, 0.3) is 0 Å². The molecule has 0 radical (unpaired) electrons. The van der Waals surface area contributed by atoms with Crippen molar-refractivity contribution in [3.63, 3.8) is 0 Å². The molecular formula is C17H25N2O+. The maximum absolute atomic E-state index is 12.5. The number of nitrogens with one attached hydrogen (secondary N) is 1. The van der Waals surface area contributed by atoms with Crippen LogP contribution in [0.2, 0.25) is 0 Å². The van der Waals surface area contributed by atoms with Crippen molar-refractivity contribution in [2.45, 2.75) is 45.1 Å². The highest BCUT2D eigenvalue weighted by Crippen LogP contribution is 2.43. The fourth-order valence-corrected chi connectivity index (χ4v) is 3.86. The van der Waals surface area contributed by atoms with Gasteiger partial charge in [0.05, 0.1) is 32.1 Å². The Balaban J connectivity index is 2.01. The van der Waals surface area contributed by atoms with Crippen molar-refractivity contribution in [3.8, 4) is 0 Å². The van der Waals surface area contributed by atoms with Gasteiger partial charge in [0.25, 0.3) is 0 Å². The van der Waals surface area contributed by atoms with E-state index in [2.05, 4.69) is 44.0 Å². The van der Waals surface area contributed by atoms with Crippen LogP contribution in [-0.4, -0.2) is 32.1 Å². The normalized spacial score (nSPS) is 28.1. The number of nitrogens with zero attached hydrogens (tertiary/aromatic N) is 1. The molecule has 3 rings (SSSR count). The van der Waals surface area contributed by atoms with Crippen LogP contribution in [0.3, 0.4) is 0 Å². The van der Waals surface area contributed by atoms with Crippen LogP contribution >= 0.6 is 0 Å². The molecule has 3 nitrogen and oxygen atoms in total. The SMILES string of the molecule is CCCC(=O)N1c2ccc(C)cc2[C@@H]2C[NH+](C)CC[C@H]21. The maximum Gasteiger partial charge on any atom is 0.227 e. The zero-order valence-electron chi connectivity index (χ0n) is 12.8. The summed E-state index contributed by atoms with van der Waals surface area (Å²) in [6.07, 6.45) is 2.72. The lowest BCUT2D eigenvalue weighted by molar-refractivity contribution is -0.886. The summed E-state index contributed by atoms with van der Waals surface area (Å²) in [5, 5.41) is 0. The average Bonchev–Trinajstić information content (AvgIpc) is 2.72. The summed E-state index contributed by atoms with van der Waals surface area (Å²) in [6, 6.07) is 6.99. The summed E-state index contributed by atoms with van der Waals surface area (Å²) in [5.74, 6) is 0.837. The number of aryl methyl sites for hydroxylation is 1. The number of hydrogen-bond donors (Lipinski definition) is 1. The molecule has 2 heterocycles. The predicted octanol–water partition coefficient (Wildman–Crippen LogP) is 1.51. The number of likely N-dealkylation sites (tertiary alicyclic amines) is 1. The predicted molar refractivity (Wildman–Crippen MR) is 81.3 cm³/mol. The highest BCUT2D eigenvalue weighted by molar-refractivity contribution is 5.96. The number of carbonyl (C=O) groups is 1. The molecule has 2 aliphatic rings. The maximum atomic E-state index is 12.5. The number of likely N-dealkylation sites (N-methyl/N-ethyl adjacent to an activating group) is 1. The second kappa shape index (κ2) is 5.21. The second-order valence-electron chi connectivity index (χ2n) is 6.45. The van der Waals surface area contributed by atoms with Crippen molar-refractivity contribution in [1.82, 2.24) is 0 Å². The Morgan fingerprint density at radius 2 is 2.25 bits per heavy atom. The number of carbonyl (C=O) groups excluding carboxylic acids is 1. The number of piperidine rings is 1. The highest BCUT2D eigenvalue weighted by Gasteiger charge is 2.45. The van der Waals surface area contributed by atoms with E-state index in [1.807, 2.05) is 0 Å². The number of anilines is 1. The average molecular weight is 273 g/mol. The van der Waals surface area contributed by atoms with E-state index in [1.54, 1.807) is 4.90 Å². The first kappa shape index (κ1) is 13.6. The summed E-state index contributed by atoms with van der Waals surface area (Å²) in [7, 11) is 2.27. The van der Waals surface area contributed by atoms with Crippen molar-refractivity contribution in [3.05, 3.63) is 29.3 Å². The van der Waals surface area contributed by atoms with Gasteiger partial charge in [-0.3, -0.25) is 4.79 Å². The Labute approximate surface area is 121 Å². The molecule has 0 aliphatic carbocycles. The standard InChI is InChI=1S/C17H24N2O/c1-4-5-17(20)19-15-7-6-12(2)10-13(15)14-11-18(3)9-8-16(14)19/h6-7,10,14,16H,4-5,8-9,11H2,1-3H3/p+1/t14-,16+/m0/s1. The fourth-order valence-electron chi connectivity index (χ4n) is 3.86. The van der Waals surface area contributed by atoms with Crippen molar-refractivity contribution >= 4 is 11.6 Å². The first-order valence-electron chi connectivity index (χ1n) is 7.85. The van der Waals surface area contributed by atoms with E-state index in [9.17, 15) is 4.79 Å². The molecule has 3 atom stereocenters. The van der Waals surface area contributed by atoms with Crippen molar-refractivity contribution in [2.75, 3.05) is 25.0 Å². The van der Waals surface area contributed by atoms with E-state index in [0.29, 0.717) is 24.3 Å². The number of hydrogen-bond acceptors (Lipinski definition) is 1. The molecule has 1 amide bonds. The van der Waals surface area contributed by atoms with Crippen molar-refractivity contribution in [1.29, 1.82) is 0 Å². The van der Waals surface area contributed by atoms with Crippen molar-refractivity contribution < 1.29 is 9.69 Å². The molecule has 0 aromatic heterocycles. The largest absolute Gasteiger partial charge is 0.337 e. The second-order valence-corrected chi connectivity index (χ2v) is 6.45. The molecule has 0 bridgehead atoms. The Bertz CT molecular complexity index is 526. The first-order chi connectivity index (χ1) is 9.61. The number of fused-ring (bicyclic) bond motifs is 3. The molecule has 108 valence electrons. The third-order valence-corrected chi connectivity index (χ3v) is 4.81. The smallest absolute Gasteiger partial charge is 0.227 e. The van der Waals surface area contributed by atoms with Crippen LogP contribution in [0, 0.1) is 6.92 Å². The van der Waals surface area contributed by atoms with E-state index in [1.165, 1.54) is 23.4 Å². The van der Waals surface area contributed by atoms with Gasteiger partial charge in [-0.2, -0.15) is 0 Å². The number of rotatable bonds is 2. The lowest BCUT2D eigenvalue weighted by Gasteiger charge is -2.34. The van der Waals surface area contributed by atoms with Gasteiger partial charge in [-0.1, -0.05) is 24.6 Å². The van der Waals surface area contributed by atoms with Gasteiger partial charge in [0.1, 0.15) is 0 Å². The molecule has 3 heteroatoms. The Kier molecular flexibility index (Phi) is 3.55. The number of benzene rings is 1. The summed E-state index contributed by atoms with van der Waals surface area (Å²) < 4.78 is 0. The topological polar surface area (TPSA) is 24.8 Å². The van der Waals surface area contributed by atoms with Crippen LogP contribution < -0.4 is 9.80 Å². The fraction of sp³-hybridized carbons (Fsp3) is 0.588. The third-order valence-electron chi connectivity index (χ3n) is 4.81. The monoisotopic (exact) mass is 273 g/mol. The zero-order valence-corrected chi connectivity index (χ0v) is 12.8. The van der Waals surface area contributed by atoms with Gasteiger partial charge in [0.15, 0.2) is 0 Å². The van der Waals surface area contributed by atoms with E-state index in [4.69, 9.17) is 0 Å². The molecule has 2 aliphatic heterocycles. The third kappa shape index (κ3) is 2.14. The Morgan fingerprint density at radius 1 is 1.45 bits per heavy atom. The minimum absolute atomic E-state index is 0.310. The Hall–Kier alpha value is -1.35. The van der Waals surface area contributed by atoms with E-state index >= 15 is 0 Å². The van der Waals surface area contributed by atoms with Crippen LogP contribution in [0.15, 0.2) is 18.2 Å². The summed E-state index contributed by atoms with van der Waals surface area (Å²) in [4.78, 5) is 16.3. The summed E-state index contributed by atoms with van der Waals surface area (Å²) in [5.41, 5.74) is 3.88. The number of amides is 1. The van der Waals surface area contributed by atoms with Crippen molar-refractivity contribution in [2.24, 2.45) is 0 Å². The van der Waals surface area contributed by atoms with E-state index < -0.39 is 0 Å². The molecule has 1 fully saturated rings. The molecular weight excluding hydrogens is 248 g/mol. The highest BCUT2D eigenvalue weighted by atomic mass is 16.2. The van der Waals surface area contributed by atoms with Gasteiger partial charge >= 0.3 is 0 Å². The van der Waals surface area contributed by atoms with E-state index in [0.717, 1.165) is 19.4 Å². The molecule has 0 saturated carbocycles. The van der Waals surface area contributed by atoms with E-state index in [-0.39, 0.29) is 0 Å². The molecule has 0 spiro atoms. The summed E-state index contributed by atoms with van der Waals surface area (Å²) >= 11 is 0. The van der Waals surface area contributed by atoms with Crippen LogP contribution in [0.1, 0.15) is 43.2 Å². The quantitative estimate of drug-likeness (QED) is 0.868. The van der Waals surface area contributed by atoms with Crippen LogP contribution in [0.5, 0.6) is 0 Å². The van der Waals surface area contributed by atoms with Gasteiger partial charge in [0.2, 0.25) is 5.91 Å². The van der Waals surface area contributed by atoms with Crippen LogP contribution in [-0.2, 0) is 4.79 Å². The Morgan fingerprint density at radius 3 is 3.00 bits per heavy atom. The van der Waals surface area contributed by atoms with Gasteiger partial charge in [0, 0.05) is 18.5 Å². The molecule has 1 N–H and O–H groups in total. The minimum Gasteiger partial charge on any atom is -0.337 e. The lowest BCUT2D eigenvalue weighted by Crippen LogP contribution is -3.11. The van der Waals surface area contributed by atoms with Gasteiger partial charge in [-0.25, -0.2) is 0 Å². The minimum atomic E-state index is 0.310. The molecule has 1 aromatic carbocycles. The lowest BCUT2D eigenvalue weighted by atomic mass is 9.89. The number of quaternary nitrogens is 1. The van der Waals surface area contributed by atoms with Crippen LogP contribution in [0.4, 0.5) is 5.69 Å².